The molecule has 1 aromatic heterocycles. The number of rotatable bonds is 4. The van der Waals surface area contributed by atoms with Crippen molar-refractivity contribution in [1.82, 2.24) is 9.97 Å². The van der Waals surface area contributed by atoms with E-state index in [1.54, 1.807) is 18.1 Å². The van der Waals surface area contributed by atoms with Crippen molar-refractivity contribution in [2.45, 2.75) is 51.1 Å². The van der Waals surface area contributed by atoms with Crippen molar-refractivity contribution in [3.8, 4) is 0 Å². The molecule has 1 atom stereocenters. The van der Waals surface area contributed by atoms with Gasteiger partial charge in [0.25, 0.3) is 0 Å². The predicted molar refractivity (Wildman–Crippen MR) is 89.4 cm³/mol. The van der Waals surface area contributed by atoms with Gasteiger partial charge >= 0.3 is 0 Å². The van der Waals surface area contributed by atoms with Crippen LogP contribution in [0.5, 0.6) is 0 Å². The zero-order chi connectivity index (χ0) is 15.7. The van der Waals surface area contributed by atoms with Crippen molar-refractivity contribution < 1.29 is 0 Å². The van der Waals surface area contributed by atoms with Crippen LogP contribution in [0.2, 0.25) is 0 Å². The molecule has 2 heterocycles. The van der Waals surface area contributed by atoms with Gasteiger partial charge in [-0.1, -0.05) is 19.8 Å². The lowest BCUT2D eigenvalue weighted by atomic mass is 10.0. The molecule has 7 heteroatoms. The molecule has 1 saturated carbocycles. The van der Waals surface area contributed by atoms with Crippen LogP contribution in [-0.2, 0) is 0 Å². The maximum absolute atomic E-state index is 8.49. The van der Waals surface area contributed by atoms with Gasteiger partial charge in [-0.25, -0.2) is 4.98 Å². The summed E-state index contributed by atoms with van der Waals surface area (Å²) in [6.07, 6.45) is 8.49. The fourth-order valence-electron chi connectivity index (χ4n) is 3.56. The minimum absolute atomic E-state index is 0.0307. The highest BCUT2D eigenvalue weighted by Crippen LogP contribution is 2.39. The fourth-order valence-corrected chi connectivity index (χ4v) is 3.56. The Balaban J connectivity index is 2.13. The number of nitrogens with zero attached hydrogens (tertiary/aromatic N) is 4. The van der Waals surface area contributed by atoms with Crippen LogP contribution in [0.3, 0.4) is 0 Å². The second-order valence-corrected chi connectivity index (χ2v) is 5.81. The van der Waals surface area contributed by atoms with E-state index in [9.17, 15) is 0 Å². The molecule has 1 fully saturated rings. The molecule has 1 aliphatic heterocycles. The number of hydrogen-bond acceptors (Lipinski definition) is 6. The van der Waals surface area contributed by atoms with Crippen LogP contribution in [-0.4, -0.2) is 41.3 Å². The summed E-state index contributed by atoms with van der Waals surface area (Å²) in [6, 6.07) is 0.397. The Bertz CT molecular complexity index is 579. The van der Waals surface area contributed by atoms with E-state index in [4.69, 9.17) is 10.8 Å². The van der Waals surface area contributed by atoms with Gasteiger partial charge in [-0.05, 0) is 19.3 Å². The third-order valence-electron chi connectivity index (χ3n) is 4.62. The van der Waals surface area contributed by atoms with Gasteiger partial charge in [0.2, 0.25) is 5.95 Å². The highest BCUT2D eigenvalue weighted by molar-refractivity contribution is 6.16. The van der Waals surface area contributed by atoms with Gasteiger partial charge in [0.1, 0.15) is 11.5 Å². The van der Waals surface area contributed by atoms with E-state index < -0.39 is 0 Å². The molecule has 2 aliphatic rings. The zero-order valence-electron chi connectivity index (χ0n) is 13.1. The van der Waals surface area contributed by atoms with Gasteiger partial charge in [-0.3, -0.25) is 15.7 Å². The summed E-state index contributed by atoms with van der Waals surface area (Å²) in [5, 5.41) is 19.1. The van der Waals surface area contributed by atoms with E-state index in [-0.39, 0.29) is 6.04 Å². The molecule has 0 aromatic carbocycles. The third-order valence-corrected chi connectivity index (χ3v) is 4.62. The maximum Gasteiger partial charge on any atom is 0.224 e. The van der Waals surface area contributed by atoms with Crippen LogP contribution in [0, 0.1) is 10.8 Å². The molecular formula is C15H23N7. The van der Waals surface area contributed by atoms with Crippen molar-refractivity contribution in [3.63, 3.8) is 0 Å². The van der Waals surface area contributed by atoms with Gasteiger partial charge in [-0.2, -0.15) is 4.98 Å². The monoisotopic (exact) mass is 301 g/mol. The average molecular weight is 301 g/mol. The summed E-state index contributed by atoms with van der Waals surface area (Å²) < 4.78 is 0. The molecule has 1 aliphatic carbocycles. The first kappa shape index (κ1) is 14.7. The molecule has 0 bridgehead atoms. The summed E-state index contributed by atoms with van der Waals surface area (Å²) in [5.41, 5.74) is 0.732. The Kier molecular flexibility index (Phi) is 3.96. The SMILES string of the molecule is CC[C@@H]1C(=N)N(C=N)c2cnc(NC)nc2N1C1CCCC1. The first-order valence-corrected chi connectivity index (χ1v) is 7.92. The molecule has 0 unspecified atom stereocenters. The Morgan fingerprint density at radius 3 is 2.73 bits per heavy atom. The minimum Gasteiger partial charge on any atom is -0.357 e. The summed E-state index contributed by atoms with van der Waals surface area (Å²) in [6.45, 7) is 2.09. The predicted octanol–water partition coefficient (Wildman–Crippen LogP) is 2.45. The Morgan fingerprint density at radius 2 is 2.14 bits per heavy atom. The summed E-state index contributed by atoms with van der Waals surface area (Å²) in [5.74, 6) is 1.87. The molecule has 3 N–H and O–H groups in total. The Labute approximate surface area is 130 Å². The van der Waals surface area contributed by atoms with Crippen molar-refractivity contribution in [2.75, 3.05) is 22.2 Å². The molecule has 0 radical (unpaired) electrons. The number of amidine groups is 1. The van der Waals surface area contributed by atoms with E-state index in [2.05, 4.69) is 27.1 Å². The van der Waals surface area contributed by atoms with Crippen molar-refractivity contribution in [3.05, 3.63) is 6.20 Å². The second-order valence-electron chi connectivity index (χ2n) is 5.81. The molecule has 1 aromatic rings. The molecule has 0 amide bonds. The number of anilines is 3. The van der Waals surface area contributed by atoms with E-state index in [1.165, 1.54) is 19.2 Å². The first-order chi connectivity index (χ1) is 10.7. The van der Waals surface area contributed by atoms with Crippen LogP contribution in [0.4, 0.5) is 17.5 Å². The standard InChI is InChI=1S/C15H23N7/c1-3-11-13(17)21(9-16)12-8-19-15(18-2)20-14(12)22(11)10-6-4-5-7-10/h8-11,16-17H,3-7H2,1-2H3,(H,18,19,20)/t11-/m1/s1. The number of fused-ring (bicyclic) bond motifs is 1. The quantitative estimate of drug-likeness (QED) is 0.587. The number of nitrogens with one attached hydrogen (secondary N) is 3. The molecule has 3 rings (SSSR count). The van der Waals surface area contributed by atoms with Gasteiger partial charge in [-0.15, -0.1) is 0 Å². The van der Waals surface area contributed by atoms with Crippen LogP contribution in [0.1, 0.15) is 39.0 Å². The van der Waals surface area contributed by atoms with Gasteiger partial charge < -0.3 is 10.2 Å². The van der Waals surface area contributed by atoms with Crippen LogP contribution in [0.15, 0.2) is 6.20 Å². The molecule has 118 valence electrons. The van der Waals surface area contributed by atoms with Crippen molar-refractivity contribution in [2.24, 2.45) is 0 Å². The van der Waals surface area contributed by atoms with Gasteiger partial charge in [0.15, 0.2) is 5.82 Å². The van der Waals surface area contributed by atoms with E-state index >= 15 is 0 Å². The largest absolute Gasteiger partial charge is 0.357 e. The van der Waals surface area contributed by atoms with E-state index in [1.807, 2.05) is 0 Å². The first-order valence-electron chi connectivity index (χ1n) is 7.92. The molecule has 0 spiro atoms. The van der Waals surface area contributed by atoms with E-state index in [0.717, 1.165) is 30.8 Å². The summed E-state index contributed by atoms with van der Waals surface area (Å²) >= 11 is 0. The second kappa shape index (κ2) is 5.90. The molecule has 0 saturated heterocycles. The fraction of sp³-hybridized carbons (Fsp3) is 0.600. The zero-order valence-corrected chi connectivity index (χ0v) is 13.1. The lowest BCUT2D eigenvalue weighted by molar-refractivity contribution is 0.548. The number of aromatic nitrogens is 2. The van der Waals surface area contributed by atoms with Crippen LogP contribution in [0.25, 0.3) is 0 Å². The maximum atomic E-state index is 8.49. The molecule has 22 heavy (non-hydrogen) atoms. The lowest BCUT2D eigenvalue weighted by Gasteiger charge is -2.44. The lowest BCUT2D eigenvalue weighted by Crippen LogP contribution is -2.56. The van der Waals surface area contributed by atoms with Crippen molar-refractivity contribution in [1.29, 1.82) is 10.8 Å². The smallest absolute Gasteiger partial charge is 0.224 e. The van der Waals surface area contributed by atoms with Crippen LogP contribution >= 0.6 is 0 Å². The van der Waals surface area contributed by atoms with Crippen LogP contribution < -0.4 is 15.1 Å². The Hall–Kier alpha value is -2.18. The molecular weight excluding hydrogens is 278 g/mol. The normalized spacial score (nSPS) is 21.9. The Morgan fingerprint density at radius 1 is 1.41 bits per heavy atom. The summed E-state index contributed by atoms with van der Waals surface area (Å²) in [4.78, 5) is 12.8. The third kappa shape index (κ3) is 2.20. The highest BCUT2D eigenvalue weighted by Gasteiger charge is 2.39. The molecule has 7 nitrogen and oxygen atoms in total. The van der Waals surface area contributed by atoms with Gasteiger partial charge in [0, 0.05) is 13.1 Å². The van der Waals surface area contributed by atoms with Gasteiger partial charge in [0.05, 0.1) is 18.6 Å². The number of hydrogen-bond donors (Lipinski definition) is 3. The van der Waals surface area contributed by atoms with Crippen molar-refractivity contribution >= 4 is 29.6 Å². The summed E-state index contributed by atoms with van der Waals surface area (Å²) in [7, 11) is 1.80. The minimum atomic E-state index is -0.0307. The highest BCUT2D eigenvalue weighted by atomic mass is 15.4. The van der Waals surface area contributed by atoms with E-state index in [0.29, 0.717) is 17.8 Å². The average Bonchev–Trinajstić information content (AvgIpc) is 3.07. The topological polar surface area (TPSA) is 92.0 Å².